The lowest BCUT2D eigenvalue weighted by Gasteiger charge is -2.14. The molecule has 0 aliphatic carbocycles. The number of amides is 1. The predicted octanol–water partition coefficient (Wildman–Crippen LogP) is 4.93. The molecule has 1 amide bonds. The third-order valence-electron chi connectivity index (χ3n) is 5.90. The number of rotatable bonds is 5. The van der Waals surface area contributed by atoms with Crippen LogP contribution in [0.25, 0.3) is 11.7 Å². The number of thioether (sulfide) groups is 1. The Hall–Kier alpha value is -4.15. The van der Waals surface area contributed by atoms with Crippen molar-refractivity contribution in [1.29, 1.82) is 0 Å². The summed E-state index contributed by atoms with van der Waals surface area (Å²) in [6, 6.07) is 18.2. The molecular formula is C27H19N3O5S2. The van der Waals surface area contributed by atoms with E-state index in [4.69, 9.17) is 26.4 Å². The summed E-state index contributed by atoms with van der Waals surface area (Å²) < 4.78 is 18.6. The summed E-state index contributed by atoms with van der Waals surface area (Å²) in [5, 5.41) is 0. The van der Waals surface area contributed by atoms with E-state index >= 15 is 0 Å². The molecule has 0 bridgehead atoms. The van der Waals surface area contributed by atoms with Crippen LogP contribution >= 0.6 is 24.0 Å². The van der Waals surface area contributed by atoms with Crippen LogP contribution in [0.5, 0.6) is 23.1 Å². The maximum absolute atomic E-state index is 13.5. The Bertz CT molecular complexity index is 1660. The molecule has 184 valence electrons. The number of hydrogen-bond donors (Lipinski definition) is 0. The summed E-state index contributed by atoms with van der Waals surface area (Å²) in [5.74, 6) is 1.64. The van der Waals surface area contributed by atoms with E-state index in [0.29, 0.717) is 32.1 Å². The monoisotopic (exact) mass is 529 g/mol. The lowest BCUT2D eigenvalue weighted by Crippen LogP contribution is -2.27. The molecule has 0 radical (unpaired) electrons. The first kappa shape index (κ1) is 23.3. The van der Waals surface area contributed by atoms with Crippen LogP contribution < -0.4 is 19.8 Å². The van der Waals surface area contributed by atoms with Crippen LogP contribution in [0.1, 0.15) is 16.7 Å². The highest BCUT2D eigenvalue weighted by atomic mass is 32.2. The number of benzene rings is 2. The van der Waals surface area contributed by atoms with Gasteiger partial charge in [0.25, 0.3) is 11.5 Å². The summed E-state index contributed by atoms with van der Waals surface area (Å²) in [6.07, 6.45) is 3.14. The SMILES string of the molecule is Cc1ccc(Oc2nc3ccccn3c(=O)c2/C=C2/SC(=S)N(Cc3ccc4c(c3)OCO4)C2=O)cc1. The number of aromatic nitrogens is 2. The van der Waals surface area contributed by atoms with Crippen molar-refractivity contribution in [3.8, 4) is 23.1 Å². The molecule has 2 aliphatic rings. The van der Waals surface area contributed by atoms with Crippen molar-refractivity contribution >= 4 is 45.9 Å². The van der Waals surface area contributed by atoms with Gasteiger partial charge < -0.3 is 14.2 Å². The highest BCUT2D eigenvalue weighted by molar-refractivity contribution is 8.26. The van der Waals surface area contributed by atoms with Gasteiger partial charge in [-0.1, -0.05) is 53.8 Å². The van der Waals surface area contributed by atoms with Crippen LogP contribution in [-0.4, -0.2) is 31.3 Å². The molecule has 0 spiro atoms. The third kappa shape index (κ3) is 4.45. The Labute approximate surface area is 221 Å². The number of carbonyl (C=O) groups excluding carboxylic acids is 1. The third-order valence-corrected chi connectivity index (χ3v) is 7.27. The van der Waals surface area contributed by atoms with E-state index in [1.54, 1.807) is 36.5 Å². The van der Waals surface area contributed by atoms with Gasteiger partial charge in [-0.15, -0.1) is 0 Å². The average Bonchev–Trinajstić information content (AvgIpc) is 3.47. The van der Waals surface area contributed by atoms with Gasteiger partial charge in [0.1, 0.15) is 21.3 Å². The van der Waals surface area contributed by atoms with E-state index < -0.39 is 0 Å². The molecule has 4 heterocycles. The lowest BCUT2D eigenvalue weighted by molar-refractivity contribution is -0.122. The first-order chi connectivity index (χ1) is 18.0. The molecule has 0 N–H and O–H groups in total. The Balaban J connectivity index is 1.36. The van der Waals surface area contributed by atoms with Gasteiger partial charge >= 0.3 is 0 Å². The van der Waals surface area contributed by atoms with E-state index in [1.807, 2.05) is 37.3 Å². The molecule has 37 heavy (non-hydrogen) atoms. The van der Waals surface area contributed by atoms with Gasteiger partial charge in [-0.2, -0.15) is 4.98 Å². The van der Waals surface area contributed by atoms with Crippen molar-refractivity contribution in [3.05, 3.63) is 98.8 Å². The Kier molecular flexibility index (Phi) is 5.90. The topological polar surface area (TPSA) is 82.4 Å². The normalized spacial score (nSPS) is 15.7. The van der Waals surface area contributed by atoms with Gasteiger partial charge in [-0.3, -0.25) is 18.9 Å². The number of pyridine rings is 1. The molecule has 0 atom stereocenters. The molecule has 6 rings (SSSR count). The summed E-state index contributed by atoms with van der Waals surface area (Å²) in [5.41, 5.74) is 2.16. The van der Waals surface area contributed by atoms with E-state index in [0.717, 1.165) is 22.9 Å². The molecule has 1 saturated heterocycles. The number of ether oxygens (including phenoxy) is 3. The standard InChI is InChI=1S/C27H19N3O5S2/c1-16-5-8-18(9-6-16)35-24-19(25(31)29-11-3-2-4-23(29)28-24)13-22-26(32)30(27(36)37-22)14-17-7-10-20-21(12-17)34-15-33-20/h2-13H,14-15H2,1H3/b22-13+. The molecule has 4 aromatic rings. The fourth-order valence-electron chi connectivity index (χ4n) is 3.99. The zero-order valence-electron chi connectivity index (χ0n) is 19.5. The number of aryl methyl sites for hydroxylation is 1. The smallest absolute Gasteiger partial charge is 0.269 e. The van der Waals surface area contributed by atoms with E-state index in [9.17, 15) is 9.59 Å². The zero-order chi connectivity index (χ0) is 25.5. The Morgan fingerprint density at radius 1 is 1.08 bits per heavy atom. The largest absolute Gasteiger partial charge is 0.454 e. The maximum atomic E-state index is 13.5. The van der Waals surface area contributed by atoms with Crippen LogP contribution in [0.15, 0.2) is 76.6 Å². The summed E-state index contributed by atoms with van der Waals surface area (Å²) in [6.45, 7) is 2.41. The number of fused-ring (bicyclic) bond motifs is 2. The van der Waals surface area contributed by atoms with Crippen molar-refractivity contribution in [2.24, 2.45) is 0 Å². The van der Waals surface area contributed by atoms with E-state index in [1.165, 1.54) is 15.4 Å². The molecule has 2 aromatic carbocycles. The van der Waals surface area contributed by atoms with E-state index in [2.05, 4.69) is 4.98 Å². The molecule has 2 aliphatic heterocycles. The average molecular weight is 530 g/mol. The van der Waals surface area contributed by atoms with Crippen molar-refractivity contribution < 1.29 is 19.0 Å². The van der Waals surface area contributed by atoms with Crippen molar-refractivity contribution in [2.45, 2.75) is 13.5 Å². The Morgan fingerprint density at radius 3 is 2.73 bits per heavy atom. The highest BCUT2D eigenvalue weighted by Gasteiger charge is 2.33. The second-order valence-electron chi connectivity index (χ2n) is 8.44. The molecule has 2 aromatic heterocycles. The van der Waals surface area contributed by atoms with Crippen LogP contribution in [0.2, 0.25) is 0 Å². The number of hydrogen-bond acceptors (Lipinski definition) is 8. The molecular weight excluding hydrogens is 510 g/mol. The van der Waals surface area contributed by atoms with Gasteiger partial charge in [-0.05, 0) is 55.0 Å². The fourth-order valence-corrected chi connectivity index (χ4v) is 5.23. The minimum Gasteiger partial charge on any atom is -0.454 e. The minimum atomic E-state index is -0.353. The quantitative estimate of drug-likeness (QED) is 0.266. The van der Waals surface area contributed by atoms with Crippen molar-refractivity contribution in [3.63, 3.8) is 0 Å². The van der Waals surface area contributed by atoms with Crippen LogP contribution in [-0.2, 0) is 11.3 Å². The second-order valence-corrected chi connectivity index (χ2v) is 10.1. The molecule has 10 heteroatoms. The number of carbonyl (C=O) groups is 1. The van der Waals surface area contributed by atoms with Crippen LogP contribution in [0, 0.1) is 6.92 Å². The van der Waals surface area contributed by atoms with Crippen LogP contribution in [0.4, 0.5) is 0 Å². The number of nitrogens with zero attached hydrogens (tertiary/aromatic N) is 3. The van der Waals surface area contributed by atoms with Gasteiger partial charge in [-0.25, -0.2) is 0 Å². The Morgan fingerprint density at radius 2 is 1.89 bits per heavy atom. The molecule has 1 fully saturated rings. The zero-order valence-corrected chi connectivity index (χ0v) is 21.2. The molecule has 0 saturated carbocycles. The summed E-state index contributed by atoms with van der Waals surface area (Å²) in [7, 11) is 0. The predicted molar refractivity (Wildman–Crippen MR) is 144 cm³/mol. The van der Waals surface area contributed by atoms with Gasteiger partial charge in [0.15, 0.2) is 11.5 Å². The van der Waals surface area contributed by atoms with Crippen molar-refractivity contribution in [2.75, 3.05) is 6.79 Å². The first-order valence-corrected chi connectivity index (χ1v) is 12.6. The summed E-state index contributed by atoms with van der Waals surface area (Å²) >= 11 is 6.64. The fraction of sp³-hybridized carbons (Fsp3) is 0.111. The molecule has 0 unspecified atom stereocenters. The van der Waals surface area contributed by atoms with Crippen LogP contribution in [0.3, 0.4) is 0 Å². The summed E-state index contributed by atoms with van der Waals surface area (Å²) in [4.78, 5) is 33.2. The minimum absolute atomic E-state index is 0.112. The second kappa shape index (κ2) is 9.38. The maximum Gasteiger partial charge on any atom is 0.269 e. The first-order valence-electron chi connectivity index (χ1n) is 11.4. The van der Waals surface area contributed by atoms with E-state index in [-0.39, 0.29) is 36.2 Å². The lowest BCUT2D eigenvalue weighted by atomic mass is 10.2. The van der Waals surface area contributed by atoms with Gasteiger partial charge in [0, 0.05) is 6.20 Å². The molecule has 8 nitrogen and oxygen atoms in total. The van der Waals surface area contributed by atoms with Crippen molar-refractivity contribution in [1.82, 2.24) is 14.3 Å². The number of thiocarbonyl (C=S) groups is 1. The van der Waals surface area contributed by atoms with Gasteiger partial charge in [0.2, 0.25) is 12.7 Å². The highest BCUT2D eigenvalue weighted by Crippen LogP contribution is 2.37. The van der Waals surface area contributed by atoms with Gasteiger partial charge in [0.05, 0.1) is 11.4 Å².